The Bertz CT molecular complexity index is 1200. The van der Waals surface area contributed by atoms with Gasteiger partial charge in [0.25, 0.3) is 5.91 Å². The van der Waals surface area contributed by atoms with Crippen LogP contribution in [0.1, 0.15) is 28.7 Å². The fourth-order valence-electron chi connectivity index (χ4n) is 3.52. The molecule has 2 aromatic rings. The van der Waals surface area contributed by atoms with Crippen LogP contribution in [-0.2, 0) is 16.0 Å². The van der Waals surface area contributed by atoms with E-state index in [1.165, 1.54) is 23.1 Å². The number of aromatic nitrogens is 2. The quantitative estimate of drug-likeness (QED) is 0.352. The second-order valence-electron chi connectivity index (χ2n) is 9.39. The Morgan fingerprint density at radius 1 is 1.11 bits per heavy atom. The van der Waals surface area contributed by atoms with Crippen LogP contribution in [0.25, 0.3) is 0 Å². The first-order valence-electron chi connectivity index (χ1n) is 12.1. The first-order chi connectivity index (χ1) is 17.8. The van der Waals surface area contributed by atoms with Crippen LogP contribution in [0.5, 0.6) is 0 Å². The molecule has 38 heavy (non-hydrogen) atoms. The lowest BCUT2D eigenvalue weighted by Crippen LogP contribution is -2.45. The maximum atomic E-state index is 14.4. The van der Waals surface area contributed by atoms with E-state index in [1.807, 2.05) is 19.0 Å². The van der Waals surface area contributed by atoms with Crippen LogP contribution in [-0.4, -0.2) is 91.9 Å². The summed E-state index contributed by atoms with van der Waals surface area (Å²) in [6, 6.07) is 3.61. The third kappa shape index (κ3) is 8.51. The number of nitrogens with zero attached hydrogens (tertiary/aromatic N) is 5. The zero-order valence-electron chi connectivity index (χ0n) is 23.0. The fourth-order valence-corrected chi connectivity index (χ4v) is 3.52. The summed E-state index contributed by atoms with van der Waals surface area (Å²) in [7, 11) is 8.92. The van der Waals surface area contributed by atoms with Crippen molar-refractivity contribution in [3.63, 3.8) is 0 Å². The van der Waals surface area contributed by atoms with Crippen molar-refractivity contribution in [2.75, 3.05) is 58.5 Å². The first kappa shape index (κ1) is 30.2. The summed E-state index contributed by atoms with van der Waals surface area (Å²) in [6.45, 7) is 4.19. The van der Waals surface area contributed by atoms with Crippen LogP contribution in [0.3, 0.4) is 0 Å². The molecule has 1 atom stereocenters. The summed E-state index contributed by atoms with van der Waals surface area (Å²) in [5.41, 5.74) is 6.89. The van der Waals surface area contributed by atoms with E-state index in [0.29, 0.717) is 35.7 Å². The smallest absolute Gasteiger partial charge is 0.271 e. The van der Waals surface area contributed by atoms with Crippen LogP contribution in [0.4, 0.5) is 21.7 Å². The number of nitrogens with one attached hydrogen (secondary N) is 2. The van der Waals surface area contributed by atoms with Crippen molar-refractivity contribution in [3.8, 4) is 0 Å². The standard InChI is InChI=1S/C26H37FN8O3/c1-16-25(34(5)6)32-24(22(30-16)23(28)37)31-20-14-18(13-19(27)15-20)10-11-29-26(38)17(2)35(7)21(36)9-8-12-33(3)4/h8-9,13-15,17H,10-12H2,1-7H3,(H2,28,37)(H,29,38)(H,31,32)/b9-8+/t17-/m0/s1. The number of benzene rings is 1. The van der Waals surface area contributed by atoms with E-state index in [9.17, 15) is 18.8 Å². The van der Waals surface area contributed by atoms with Crippen LogP contribution in [0.2, 0.25) is 0 Å². The molecule has 0 radical (unpaired) electrons. The van der Waals surface area contributed by atoms with Gasteiger partial charge in [-0.2, -0.15) is 0 Å². The maximum absolute atomic E-state index is 14.4. The van der Waals surface area contributed by atoms with E-state index < -0.39 is 17.8 Å². The average molecular weight is 529 g/mol. The van der Waals surface area contributed by atoms with Gasteiger partial charge in [0, 0.05) is 46.0 Å². The van der Waals surface area contributed by atoms with Gasteiger partial charge < -0.3 is 31.1 Å². The van der Waals surface area contributed by atoms with Crippen LogP contribution >= 0.6 is 0 Å². The molecule has 0 bridgehead atoms. The molecule has 0 saturated carbocycles. The lowest BCUT2D eigenvalue weighted by molar-refractivity contribution is -0.135. The molecule has 0 saturated heterocycles. The molecule has 0 fully saturated rings. The first-order valence-corrected chi connectivity index (χ1v) is 12.1. The zero-order valence-corrected chi connectivity index (χ0v) is 23.0. The Morgan fingerprint density at radius 3 is 2.39 bits per heavy atom. The van der Waals surface area contributed by atoms with E-state index in [2.05, 4.69) is 20.6 Å². The van der Waals surface area contributed by atoms with Gasteiger partial charge in [-0.25, -0.2) is 14.4 Å². The second-order valence-corrected chi connectivity index (χ2v) is 9.39. The highest BCUT2D eigenvalue weighted by Crippen LogP contribution is 2.24. The molecule has 0 aliphatic rings. The van der Waals surface area contributed by atoms with Crippen molar-refractivity contribution in [1.82, 2.24) is 25.1 Å². The van der Waals surface area contributed by atoms with E-state index in [1.54, 1.807) is 52.0 Å². The Kier molecular flexibility index (Phi) is 10.7. The van der Waals surface area contributed by atoms with E-state index >= 15 is 0 Å². The Balaban J connectivity index is 2.07. The topological polar surface area (TPSA) is 137 Å². The van der Waals surface area contributed by atoms with Gasteiger partial charge in [-0.3, -0.25) is 14.4 Å². The predicted octanol–water partition coefficient (Wildman–Crippen LogP) is 1.46. The van der Waals surface area contributed by atoms with Crippen molar-refractivity contribution in [1.29, 1.82) is 0 Å². The highest BCUT2D eigenvalue weighted by molar-refractivity contribution is 5.96. The second kappa shape index (κ2) is 13.5. The lowest BCUT2D eigenvalue weighted by atomic mass is 10.1. The number of aryl methyl sites for hydroxylation is 1. The molecule has 3 amide bonds. The largest absolute Gasteiger partial charge is 0.364 e. The average Bonchev–Trinajstić information content (AvgIpc) is 2.82. The molecule has 0 aliphatic carbocycles. The van der Waals surface area contributed by atoms with Crippen LogP contribution in [0, 0.1) is 12.7 Å². The van der Waals surface area contributed by atoms with Gasteiger partial charge in [0.1, 0.15) is 11.9 Å². The molecule has 1 heterocycles. The number of carbonyl (C=O) groups excluding carboxylic acids is 3. The molecule has 1 aromatic heterocycles. The molecule has 206 valence electrons. The minimum Gasteiger partial charge on any atom is -0.364 e. The van der Waals surface area contributed by atoms with Crippen molar-refractivity contribution >= 4 is 35.0 Å². The summed E-state index contributed by atoms with van der Waals surface area (Å²) in [5.74, 6) is -1.23. The molecular weight excluding hydrogens is 491 g/mol. The van der Waals surface area contributed by atoms with Gasteiger partial charge in [-0.05, 0) is 58.1 Å². The molecular formula is C26H37FN8O3. The Labute approximate surface area is 222 Å². The number of hydrogen-bond acceptors (Lipinski definition) is 8. The fraction of sp³-hybridized carbons (Fsp3) is 0.423. The predicted molar refractivity (Wildman–Crippen MR) is 146 cm³/mol. The van der Waals surface area contributed by atoms with Crippen LogP contribution in [0.15, 0.2) is 30.4 Å². The molecule has 11 nitrogen and oxygen atoms in total. The Hall–Kier alpha value is -4.06. The number of hydrogen-bond donors (Lipinski definition) is 3. The minimum absolute atomic E-state index is 0.0598. The number of nitrogens with two attached hydrogens (primary N) is 1. The number of halogens is 1. The highest BCUT2D eigenvalue weighted by Gasteiger charge is 2.21. The number of anilines is 3. The molecule has 0 aliphatic heterocycles. The van der Waals surface area contributed by atoms with Gasteiger partial charge in [0.2, 0.25) is 11.8 Å². The number of amides is 3. The maximum Gasteiger partial charge on any atom is 0.271 e. The molecule has 0 unspecified atom stereocenters. The highest BCUT2D eigenvalue weighted by atomic mass is 19.1. The molecule has 4 N–H and O–H groups in total. The van der Waals surface area contributed by atoms with Crippen molar-refractivity contribution in [2.24, 2.45) is 5.73 Å². The summed E-state index contributed by atoms with van der Waals surface area (Å²) >= 11 is 0. The molecule has 2 rings (SSSR count). The van der Waals surface area contributed by atoms with E-state index in [-0.39, 0.29) is 29.9 Å². The van der Waals surface area contributed by atoms with Gasteiger partial charge >= 0.3 is 0 Å². The molecule has 12 heteroatoms. The van der Waals surface area contributed by atoms with Crippen molar-refractivity contribution in [3.05, 3.63) is 53.1 Å². The Morgan fingerprint density at radius 2 is 1.79 bits per heavy atom. The van der Waals surface area contributed by atoms with Crippen LogP contribution < -0.4 is 21.3 Å². The molecule has 0 spiro atoms. The minimum atomic E-state index is -0.765. The van der Waals surface area contributed by atoms with Gasteiger partial charge in [0.05, 0.1) is 5.69 Å². The number of likely N-dealkylation sites (N-methyl/N-ethyl adjacent to an activating group) is 2. The van der Waals surface area contributed by atoms with Gasteiger partial charge in [0.15, 0.2) is 17.3 Å². The normalized spacial score (nSPS) is 11.9. The third-order valence-electron chi connectivity index (χ3n) is 5.67. The van der Waals surface area contributed by atoms with E-state index in [0.717, 1.165) is 0 Å². The van der Waals surface area contributed by atoms with Gasteiger partial charge in [-0.15, -0.1) is 0 Å². The summed E-state index contributed by atoms with van der Waals surface area (Å²) in [4.78, 5) is 50.5. The number of carbonyl (C=O) groups is 3. The third-order valence-corrected chi connectivity index (χ3v) is 5.67. The SMILES string of the molecule is Cc1nc(C(N)=O)c(Nc2cc(F)cc(CCNC(=O)[C@H](C)N(C)C(=O)/C=C/CN(C)C)c2)nc1N(C)C. The lowest BCUT2D eigenvalue weighted by Gasteiger charge is -2.23. The number of rotatable bonds is 12. The van der Waals surface area contributed by atoms with Crippen molar-refractivity contribution in [2.45, 2.75) is 26.3 Å². The van der Waals surface area contributed by atoms with Crippen molar-refractivity contribution < 1.29 is 18.8 Å². The van der Waals surface area contributed by atoms with Gasteiger partial charge in [-0.1, -0.05) is 6.08 Å². The van der Waals surface area contributed by atoms with E-state index in [4.69, 9.17) is 5.73 Å². The number of primary amides is 1. The monoisotopic (exact) mass is 528 g/mol. The summed E-state index contributed by atoms with van der Waals surface area (Å²) in [5, 5.41) is 5.73. The summed E-state index contributed by atoms with van der Waals surface area (Å²) in [6.07, 6.45) is 3.50. The molecule has 1 aromatic carbocycles. The summed E-state index contributed by atoms with van der Waals surface area (Å²) < 4.78 is 14.4. The zero-order chi connectivity index (χ0) is 28.6.